The number of nitrogen functional groups attached to an aromatic ring is 1. The molecule has 3 rings (SSSR count). The predicted octanol–water partition coefficient (Wildman–Crippen LogP) is 4.79. The summed E-state index contributed by atoms with van der Waals surface area (Å²) < 4.78 is 43.2. The Labute approximate surface area is 179 Å². The van der Waals surface area contributed by atoms with E-state index in [9.17, 15) is 18.0 Å². The largest absolute Gasteiger partial charge is 0.462 e. The molecule has 12 heteroatoms. The third kappa shape index (κ3) is 5.31. The van der Waals surface area contributed by atoms with E-state index >= 15 is 0 Å². The monoisotopic (exact) mass is 452 g/mol. The second-order valence-electron chi connectivity index (χ2n) is 6.08. The maximum absolute atomic E-state index is 12.8. The number of hydrogen-bond donors (Lipinski definition) is 3. The van der Waals surface area contributed by atoms with Gasteiger partial charge in [0.2, 0.25) is 0 Å². The first-order valence-electron chi connectivity index (χ1n) is 8.83. The van der Waals surface area contributed by atoms with Crippen molar-refractivity contribution < 1.29 is 22.7 Å². The molecule has 162 valence electrons. The van der Waals surface area contributed by atoms with Crippen LogP contribution < -0.4 is 16.4 Å². The lowest BCUT2D eigenvalue weighted by atomic mass is 10.2. The Morgan fingerprint density at radius 2 is 1.74 bits per heavy atom. The number of benzene rings is 1. The van der Waals surface area contributed by atoms with Crippen LogP contribution >= 0.6 is 11.6 Å². The summed E-state index contributed by atoms with van der Waals surface area (Å²) in [6, 6.07) is 7.16. The van der Waals surface area contributed by atoms with Crippen LogP contribution in [0.2, 0.25) is 5.02 Å². The topological polar surface area (TPSA) is 115 Å². The third-order valence-electron chi connectivity index (χ3n) is 3.95. The zero-order valence-electron chi connectivity index (χ0n) is 16.0. The number of esters is 1. The summed E-state index contributed by atoms with van der Waals surface area (Å²) in [5.74, 6) is -0.174. The SMILES string of the molecule is CCOC(=O)c1ccc(Nc2ncnc(Nc3ncc(C(F)(F)F)cc3Cl)c2N)cc1. The minimum absolute atomic E-state index is 0.0511. The molecule has 2 aromatic heterocycles. The summed E-state index contributed by atoms with van der Waals surface area (Å²) in [6.45, 7) is 1.98. The summed E-state index contributed by atoms with van der Waals surface area (Å²) in [7, 11) is 0. The standard InChI is InChI=1S/C19H16ClF3N6O2/c1-2-31-18(30)10-3-5-12(6-4-10)28-16-14(24)17(27-9-26-16)29-15-13(20)7-11(8-25-15)19(21,22)23/h3-9H,2,24H2,1H3,(H2,25,26,27,28,29). The third-order valence-corrected chi connectivity index (χ3v) is 4.24. The molecule has 4 N–H and O–H groups in total. The number of nitrogens with two attached hydrogens (primary N) is 1. The number of pyridine rings is 1. The van der Waals surface area contributed by atoms with E-state index in [4.69, 9.17) is 22.1 Å². The molecule has 1 aromatic carbocycles. The van der Waals surface area contributed by atoms with Crippen LogP contribution in [0.3, 0.4) is 0 Å². The molecule has 0 amide bonds. The molecule has 0 saturated carbocycles. The summed E-state index contributed by atoms with van der Waals surface area (Å²) in [6.07, 6.45) is -2.72. The summed E-state index contributed by atoms with van der Waals surface area (Å²) in [5.41, 5.74) is 6.13. The first kappa shape index (κ1) is 22.1. The normalized spacial score (nSPS) is 11.1. The van der Waals surface area contributed by atoms with Crippen molar-refractivity contribution in [1.82, 2.24) is 15.0 Å². The number of nitrogens with zero attached hydrogens (tertiary/aromatic N) is 3. The van der Waals surface area contributed by atoms with Crippen LogP contribution in [0.25, 0.3) is 0 Å². The molecule has 0 saturated heterocycles. The summed E-state index contributed by atoms with van der Waals surface area (Å²) in [5, 5.41) is 5.41. The van der Waals surface area contributed by atoms with E-state index in [0.29, 0.717) is 17.4 Å². The van der Waals surface area contributed by atoms with Gasteiger partial charge in [-0.25, -0.2) is 19.7 Å². The fourth-order valence-electron chi connectivity index (χ4n) is 2.43. The van der Waals surface area contributed by atoms with Crippen LogP contribution in [0, 0.1) is 0 Å². The van der Waals surface area contributed by atoms with Crippen LogP contribution in [0.4, 0.5) is 42.0 Å². The fourth-order valence-corrected chi connectivity index (χ4v) is 2.65. The Kier molecular flexibility index (Phi) is 6.44. The number of carbonyl (C=O) groups excluding carboxylic acids is 1. The zero-order chi connectivity index (χ0) is 22.6. The lowest BCUT2D eigenvalue weighted by Crippen LogP contribution is -2.08. The molecule has 0 aliphatic carbocycles. The van der Waals surface area contributed by atoms with Crippen molar-refractivity contribution in [3.8, 4) is 0 Å². The van der Waals surface area contributed by atoms with Crippen LogP contribution in [-0.2, 0) is 10.9 Å². The number of hydrogen-bond acceptors (Lipinski definition) is 8. The average Bonchev–Trinajstić information content (AvgIpc) is 2.72. The number of alkyl halides is 3. The van der Waals surface area contributed by atoms with E-state index in [1.165, 1.54) is 6.33 Å². The minimum Gasteiger partial charge on any atom is -0.462 e. The molecular weight excluding hydrogens is 437 g/mol. The van der Waals surface area contributed by atoms with Gasteiger partial charge in [-0.2, -0.15) is 13.2 Å². The number of halogens is 4. The van der Waals surface area contributed by atoms with E-state index in [-0.39, 0.29) is 34.8 Å². The highest BCUT2D eigenvalue weighted by atomic mass is 35.5. The average molecular weight is 453 g/mol. The van der Waals surface area contributed by atoms with Crippen LogP contribution in [0.1, 0.15) is 22.8 Å². The summed E-state index contributed by atoms with van der Waals surface area (Å²) in [4.78, 5) is 23.4. The summed E-state index contributed by atoms with van der Waals surface area (Å²) >= 11 is 5.91. The van der Waals surface area contributed by atoms with Gasteiger partial charge in [-0.15, -0.1) is 0 Å². The maximum atomic E-state index is 12.8. The van der Waals surface area contributed by atoms with Gasteiger partial charge in [0.05, 0.1) is 22.8 Å². The van der Waals surface area contributed by atoms with Crippen molar-refractivity contribution in [2.45, 2.75) is 13.1 Å². The molecule has 0 bridgehead atoms. The van der Waals surface area contributed by atoms with Crippen molar-refractivity contribution in [2.24, 2.45) is 0 Å². The van der Waals surface area contributed by atoms with Crippen molar-refractivity contribution in [3.63, 3.8) is 0 Å². The van der Waals surface area contributed by atoms with Crippen molar-refractivity contribution >= 4 is 46.4 Å². The fraction of sp³-hybridized carbons (Fsp3) is 0.158. The molecule has 0 aliphatic rings. The van der Waals surface area contributed by atoms with Crippen molar-refractivity contribution in [2.75, 3.05) is 23.0 Å². The highest BCUT2D eigenvalue weighted by Crippen LogP contribution is 2.34. The highest BCUT2D eigenvalue weighted by Gasteiger charge is 2.31. The molecule has 31 heavy (non-hydrogen) atoms. The number of aromatic nitrogens is 3. The number of carbonyl (C=O) groups is 1. The van der Waals surface area contributed by atoms with Crippen LogP contribution in [0.5, 0.6) is 0 Å². The van der Waals surface area contributed by atoms with Crippen LogP contribution in [-0.4, -0.2) is 27.5 Å². The second kappa shape index (κ2) is 9.04. The number of ether oxygens (including phenoxy) is 1. The Balaban J connectivity index is 1.78. The highest BCUT2D eigenvalue weighted by molar-refractivity contribution is 6.33. The number of nitrogens with one attached hydrogen (secondary N) is 2. The Morgan fingerprint density at radius 1 is 1.10 bits per heavy atom. The first-order chi connectivity index (χ1) is 14.7. The zero-order valence-corrected chi connectivity index (χ0v) is 16.8. The molecule has 0 radical (unpaired) electrons. The van der Waals surface area contributed by atoms with Gasteiger partial charge in [-0.1, -0.05) is 11.6 Å². The van der Waals surface area contributed by atoms with E-state index in [0.717, 1.165) is 6.07 Å². The van der Waals surface area contributed by atoms with Gasteiger partial charge >= 0.3 is 12.1 Å². The Bertz CT molecular complexity index is 1090. The van der Waals surface area contributed by atoms with Gasteiger partial charge < -0.3 is 21.1 Å². The van der Waals surface area contributed by atoms with E-state index in [1.54, 1.807) is 31.2 Å². The maximum Gasteiger partial charge on any atom is 0.417 e. The van der Waals surface area contributed by atoms with Crippen LogP contribution in [0.15, 0.2) is 42.9 Å². The number of anilines is 5. The molecule has 3 aromatic rings. The predicted molar refractivity (Wildman–Crippen MR) is 110 cm³/mol. The molecule has 8 nitrogen and oxygen atoms in total. The van der Waals surface area contributed by atoms with Crippen molar-refractivity contribution in [3.05, 3.63) is 59.0 Å². The molecule has 2 heterocycles. The quantitative estimate of drug-likeness (QED) is 0.457. The number of rotatable bonds is 6. The van der Waals surface area contributed by atoms with E-state index < -0.39 is 17.7 Å². The molecule has 0 atom stereocenters. The van der Waals surface area contributed by atoms with Crippen molar-refractivity contribution in [1.29, 1.82) is 0 Å². The van der Waals surface area contributed by atoms with Gasteiger partial charge in [-0.05, 0) is 37.3 Å². The lowest BCUT2D eigenvalue weighted by Gasteiger charge is -2.14. The Morgan fingerprint density at radius 3 is 2.32 bits per heavy atom. The lowest BCUT2D eigenvalue weighted by molar-refractivity contribution is -0.137. The van der Waals surface area contributed by atoms with Gasteiger partial charge in [0.15, 0.2) is 11.6 Å². The van der Waals surface area contributed by atoms with E-state index in [2.05, 4.69) is 25.6 Å². The first-order valence-corrected chi connectivity index (χ1v) is 9.21. The Hall–Kier alpha value is -3.60. The molecule has 0 unspecified atom stereocenters. The minimum atomic E-state index is -4.57. The molecule has 0 aliphatic heterocycles. The van der Waals surface area contributed by atoms with Gasteiger partial charge in [-0.3, -0.25) is 0 Å². The van der Waals surface area contributed by atoms with E-state index in [1.807, 2.05) is 0 Å². The van der Waals surface area contributed by atoms with Gasteiger partial charge in [0, 0.05) is 11.9 Å². The van der Waals surface area contributed by atoms with Gasteiger partial charge in [0.1, 0.15) is 17.8 Å². The molecule has 0 fully saturated rings. The second-order valence-corrected chi connectivity index (χ2v) is 6.49. The molecule has 0 spiro atoms. The smallest absolute Gasteiger partial charge is 0.417 e. The molecular formula is C19H16ClF3N6O2. The van der Waals surface area contributed by atoms with Gasteiger partial charge in [0.25, 0.3) is 0 Å².